The number of amides is 1. The van der Waals surface area contributed by atoms with Gasteiger partial charge in [0.25, 0.3) is 11.5 Å². The van der Waals surface area contributed by atoms with Gasteiger partial charge in [0.1, 0.15) is 5.82 Å². The maximum atomic E-state index is 12.5. The second kappa shape index (κ2) is 5.39. The van der Waals surface area contributed by atoms with Crippen LogP contribution in [-0.2, 0) is 0 Å². The first-order valence-corrected chi connectivity index (χ1v) is 7.39. The molecule has 0 saturated heterocycles. The van der Waals surface area contributed by atoms with E-state index in [1.54, 1.807) is 42.7 Å². The SMILES string of the molecule is O=C(Nc1ccnc2ccnn12)c1ccc2c(=O)[nH]c(=S)[nH]c2c1. The van der Waals surface area contributed by atoms with Gasteiger partial charge in [0.15, 0.2) is 10.4 Å². The normalized spacial score (nSPS) is 11.0. The van der Waals surface area contributed by atoms with E-state index in [4.69, 9.17) is 12.2 Å². The topological polar surface area (TPSA) is 108 Å². The molecule has 1 aromatic carbocycles. The number of aromatic amines is 2. The smallest absolute Gasteiger partial charge is 0.259 e. The molecular weight excluding hydrogens is 328 g/mol. The Hall–Kier alpha value is -3.33. The van der Waals surface area contributed by atoms with Gasteiger partial charge in [0, 0.05) is 17.8 Å². The van der Waals surface area contributed by atoms with Crippen LogP contribution < -0.4 is 10.9 Å². The fourth-order valence-corrected chi connectivity index (χ4v) is 2.63. The molecular formula is C15H10N6O2S. The molecule has 0 bridgehead atoms. The summed E-state index contributed by atoms with van der Waals surface area (Å²) in [6, 6.07) is 8.11. The average Bonchev–Trinajstić information content (AvgIpc) is 3.03. The number of anilines is 1. The van der Waals surface area contributed by atoms with E-state index in [9.17, 15) is 9.59 Å². The molecule has 0 atom stereocenters. The molecule has 118 valence electrons. The van der Waals surface area contributed by atoms with Crippen LogP contribution in [0.15, 0.2) is 47.5 Å². The highest BCUT2D eigenvalue weighted by Crippen LogP contribution is 2.13. The molecule has 0 aliphatic carbocycles. The first kappa shape index (κ1) is 14.3. The first-order chi connectivity index (χ1) is 11.6. The Morgan fingerprint density at radius 1 is 1.17 bits per heavy atom. The number of rotatable bonds is 2. The number of carbonyl (C=O) groups excluding carboxylic acids is 1. The number of carbonyl (C=O) groups is 1. The molecule has 0 aliphatic rings. The molecule has 9 heteroatoms. The Bertz CT molecular complexity index is 1210. The van der Waals surface area contributed by atoms with Crippen LogP contribution in [0, 0.1) is 4.77 Å². The molecule has 8 nitrogen and oxygen atoms in total. The van der Waals surface area contributed by atoms with Gasteiger partial charge in [-0.3, -0.25) is 14.6 Å². The maximum Gasteiger partial charge on any atom is 0.259 e. The zero-order chi connectivity index (χ0) is 16.7. The van der Waals surface area contributed by atoms with Crippen molar-refractivity contribution in [3.8, 4) is 0 Å². The minimum Gasteiger partial charge on any atom is -0.332 e. The molecule has 0 aliphatic heterocycles. The van der Waals surface area contributed by atoms with E-state index in [-0.39, 0.29) is 16.2 Å². The van der Waals surface area contributed by atoms with Gasteiger partial charge in [-0.2, -0.15) is 9.61 Å². The third-order valence-corrected chi connectivity index (χ3v) is 3.74. The van der Waals surface area contributed by atoms with E-state index in [0.29, 0.717) is 27.9 Å². The molecule has 4 rings (SSSR count). The van der Waals surface area contributed by atoms with E-state index >= 15 is 0 Å². The number of fused-ring (bicyclic) bond motifs is 2. The van der Waals surface area contributed by atoms with Crippen molar-refractivity contribution in [2.45, 2.75) is 0 Å². The van der Waals surface area contributed by atoms with Crippen LogP contribution in [-0.4, -0.2) is 30.5 Å². The zero-order valence-corrected chi connectivity index (χ0v) is 12.9. The molecule has 0 spiro atoms. The minimum absolute atomic E-state index is 0.206. The van der Waals surface area contributed by atoms with Crippen LogP contribution in [0.1, 0.15) is 10.4 Å². The van der Waals surface area contributed by atoms with Crippen molar-refractivity contribution >= 4 is 40.5 Å². The van der Waals surface area contributed by atoms with Crippen molar-refractivity contribution in [3.05, 3.63) is 63.4 Å². The monoisotopic (exact) mass is 338 g/mol. The van der Waals surface area contributed by atoms with Gasteiger partial charge in [-0.25, -0.2) is 4.98 Å². The van der Waals surface area contributed by atoms with Crippen LogP contribution >= 0.6 is 12.2 Å². The number of aromatic nitrogens is 5. The lowest BCUT2D eigenvalue weighted by Crippen LogP contribution is -2.15. The average molecular weight is 338 g/mol. The van der Waals surface area contributed by atoms with E-state index in [1.807, 2.05) is 0 Å². The number of nitrogens with one attached hydrogen (secondary N) is 3. The molecule has 1 amide bonds. The van der Waals surface area contributed by atoms with Gasteiger partial charge in [-0.05, 0) is 36.5 Å². The predicted molar refractivity (Wildman–Crippen MR) is 90.7 cm³/mol. The van der Waals surface area contributed by atoms with Crippen LogP contribution in [0.3, 0.4) is 0 Å². The highest BCUT2D eigenvalue weighted by atomic mass is 32.1. The van der Waals surface area contributed by atoms with Gasteiger partial charge in [-0.1, -0.05) is 0 Å². The first-order valence-electron chi connectivity index (χ1n) is 6.98. The van der Waals surface area contributed by atoms with Gasteiger partial charge in [-0.15, -0.1) is 0 Å². The van der Waals surface area contributed by atoms with Crippen molar-refractivity contribution in [3.63, 3.8) is 0 Å². The van der Waals surface area contributed by atoms with Gasteiger partial charge >= 0.3 is 0 Å². The quantitative estimate of drug-likeness (QED) is 0.484. The number of nitrogens with zero attached hydrogens (tertiary/aromatic N) is 3. The van der Waals surface area contributed by atoms with E-state index in [0.717, 1.165) is 0 Å². The highest BCUT2D eigenvalue weighted by molar-refractivity contribution is 7.71. The van der Waals surface area contributed by atoms with Gasteiger partial charge < -0.3 is 10.3 Å². The van der Waals surface area contributed by atoms with Gasteiger partial charge in [0.05, 0.1) is 17.1 Å². The standard InChI is InChI=1S/C15H10N6O2S/c22-13(19-12-3-5-16-11-4-6-17-21(11)12)8-1-2-9-10(7-8)18-15(24)20-14(9)23/h1-7H,(H,19,22)(H2,18,20,23,24). The number of hydrogen-bond acceptors (Lipinski definition) is 5. The lowest BCUT2D eigenvalue weighted by molar-refractivity contribution is 0.102. The predicted octanol–water partition coefficient (Wildman–Crippen LogP) is 1.88. The molecule has 3 aromatic heterocycles. The third-order valence-electron chi connectivity index (χ3n) is 3.53. The summed E-state index contributed by atoms with van der Waals surface area (Å²) in [6.45, 7) is 0. The Kier molecular flexibility index (Phi) is 3.21. The van der Waals surface area contributed by atoms with Crippen LogP contribution in [0.2, 0.25) is 0 Å². The van der Waals surface area contributed by atoms with Crippen LogP contribution in [0.25, 0.3) is 16.6 Å². The summed E-state index contributed by atoms with van der Waals surface area (Å²) in [5.41, 5.74) is 1.21. The van der Waals surface area contributed by atoms with Gasteiger partial charge in [0.2, 0.25) is 0 Å². The summed E-state index contributed by atoms with van der Waals surface area (Å²) in [6.07, 6.45) is 3.18. The van der Waals surface area contributed by atoms with Crippen LogP contribution in [0.4, 0.5) is 5.82 Å². The Morgan fingerprint density at radius 2 is 2.04 bits per heavy atom. The van der Waals surface area contributed by atoms with Crippen molar-refractivity contribution in [1.82, 2.24) is 24.6 Å². The van der Waals surface area contributed by atoms with Crippen molar-refractivity contribution < 1.29 is 4.79 Å². The molecule has 4 aromatic rings. The summed E-state index contributed by atoms with van der Waals surface area (Å²) in [7, 11) is 0. The summed E-state index contributed by atoms with van der Waals surface area (Å²) in [5, 5.41) is 7.32. The van der Waals surface area contributed by atoms with E-state index in [1.165, 1.54) is 4.52 Å². The van der Waals surface area contributed by atoms with Crippen LogP contribution in [0.5, 0.6) is 0 Å². The molecule has 0 unspecified atom stereocenters. The van der Waals surface area contributed by atoms with E-state index < -0.39 is 0 Å². The van der Waals surface area contributed by atoms with Crippen molar-refractivity contribution in [2.75, 3.05) is 5.32 Å². The second-order valence-electron chi connectivity index (χ2n) is 5.05. The van der Waals surface area contributed by atoms with Crippen molar-refractivity contribution in [1.29, 1.82) is 0 Å². The highest BCUT2D eigenvalue weighted by Gasteiger charge is 2.11. The van der Waals surface area contributed by atoms with Crippen molar-refractivity contribution in [2.24, 2.45) is 0 Å². The fraction of sp³-hybridized carbons (Fsp3) is 0. The maximum absolute atomic E-state index is 12.5. The zero-order valence-electron chi connectivity index (χ0n) is 12.1. The summed E-state index contributed by atoms with van der Waals surface area (Å²) in [5.74, 6) is 0.161. The largest absolute Gasteiger partial charge is 0.332 e. The fourth-order valence-electron chi connectivity index (χ4n) is 2.43. The third kappa shape index (κ3) is 2.36. The van der Waals surface area contributed by atoms with E-state index in [2.05, 4.69) is 25.4 Å². The Balaban J connectivity index is 1.74. The summed E-state index contributed by atoms with van der Waals surface area (Å²) >= 11 is 4.95. The Labute approximate surface area is 139 Å². The molecule has 3 N–H and O–H groups in total. The molecule has 0 saturated carbocycles. The Morgan fingerprint density at radius 3 is 2.92 bits per heavy atom. The lowest BCUT2D eigenvalue weighted by Gasteiger charge is -2.07. The number of benzene rings is 1. The summed E-state index contributed by atoms with van der Waals surface area (Å²) < 4.78 is 1.73. The molecule has 0 fully saturated rings. The molecule has 0 radical (unpaired) electrons. The molecule has 3 heterocycles. The summed E-state index contributed by atoms with van der Waals surface area (Å²) in [4.78, 5) is 33.8. The number of hydrogen-bond donors (Lipinski definition) is 3. The molecule has 24 heavy (non-hydrogen) atoms. The lowest BCUT2D eigenvalue weighted by atomic mass is 10.1. The minimum atomic E-state index is -0.334. The second-order valence-corrected chi connectivity index (χ2v) is 5.46. The number of H-pyrrole nitrogens is 2.